The van der Waals surface area contributed by atoms with Crippen molar-refractivity contribution in [1.82, 2.24) is 4.31 Å². The fourth-order valence-electron chi connectivity index (χ4n) is 0.404. The van der Waals surface area contributed by atoms with Crippen LogP contribution in [-0.2, 0) is 24.4 Å². The second-order valence-corrected chi connectivity index (χ2v) is 6.44. The molecule has 0 aliphatic heterocycles. The zero-order chi connectivity index (χ0) is 14.1. The van der Waals surface area contributed by atoms with Gasteiger partial charge < -0.3 is 0 Å². The van der Waals surface area contributed by atoms with Gasteiger partial charge in [-0.15, -0.1) is 0 Å². The second kappa shape index (κ2) is 4.99. The van der Waals surface area contributed by atoms with Crippen LogP contribution in [0.4, 0.5) is 22.0 Å². The van der Waals surface area contributed by atoms with Gasteiger partial charge in [0.25, 0.3) is 10.0 Å². The lowest BCUT2D eigenvalue weighted by Gasteiger charge is -2.14. The predicted octanol–water partition coefficient (Wildman–Crippen LogP) is 0.935. The van der Waals surface area contributed by atoms with E-state index in [9.17, 15) is 34.6 Å². The van der Waals surface area contributed by atoms with Crippen LogP contribution in [0.5, 0.6) is 0 Å². The fourth-order valence-corrected chi connectivity index (χ4v) is 2.71. The summed E-state index contributed by atoms with van der Waals surface area (Å²) in [5, 5.41) is 0. The van der Waals surface area contributed by atoms with Crippen molar-refractivity contribution >= 4 is 20.2 Å². The lowest BCUT2D eigenvalue weighted by molar-refractivity contribution is -0.0854. The summed E-state index contributed by atoms with van der Waals surface area (Å²) >= 11 is 0. The Hall–Kier alpha value is -0.530. The van der Waals surface area contributed by atoms with E-state index in [1.807, 2.05) is 3.77 Å². The lowest BCUT2D eigenvalue weighted by Crippen LogP contribution is -2.31. The summed E-state index contributed by atoms with van der Waals surface area (Å²) in [6.45, 7) is -4.09. The Bertz CT molecular complexity index is 475. The third kappa shape index (κ3) is 4.33. The Balaban J connectivity index is 5.85. The average Bonchev–Trinajstić information content (AvgIpc) is 1.97. The summed E-state index contributed by atoms with van der Waals surface area (Å²) in [6.07, 6.45) is 0. The van der Waals surface area contributed by atoms with Gasteiger partial charge in [-0.2, -0.15) is 34.7 Å². The summed E-state index contributed by atoms with van der Waals surface area (Å²) in [6, 6.07) is 0. The van der Waals surface area contributed by atoms with Crippen molar-refractivity contribution < 1.29 is 38.8 Å². The molecule has 0 aliphatic carbocycles. The van der Waals surface area contributed by atoms with E-state index in [-0.39, 0.29) is 4.31 Å². The first kappa shape index (κ1) is 16.5. The average molecular weight is 306 g/mol. The zero-order valence-electron chi connectivity index (χ0n) is 8.31. The fraction of sp³-hybridized carbons (Fsp3) is 1.00. The quantitative estimate of drug-likeness (QED) is 0.724. The summed E-state index contributed by atoms with van der Waals surface area (Å²) in [5.74, 6) is 0. The summed E-state index contributed by atoms with van der Waals surface area (Å²) in [7, 11) is -9.49. The van der Waals surface area contributed by atoms with Crippen molar-refractivity contribution in [3.63, 3.8) is 0 Å². The van der Waals surface area contributed by atoms with Gasteiger partial charge in [0, 0.05) is 14.1 Å². The Morgan fingerprint density at radius 2 is 1.59 bits per heavy atom. The molecule has 0 heterocycles. The van der Waals surface area contributed by atoms with E-state index >= 15 is 0 Å². The van der Waals surface area contributed by atoms with Crippen molar-refractivity contribution in [1.29, 1.82) is 0 Å². The molecule has 13 heteroatoms. The zero-order valence-corrected chi connectivity index (χ0v) is 9.94. The molecule has 6 nitrogen and oxygen atoms in total. The molecule has 0 aromatic rings. The van der Waals surface area contributed by atoms with Crippen LogP contribution in [0.2, 0.25) is 0 Å². The van der Waals surface area contributed by atoms with E-state index < -0.39 is 32.3 Å². The van der Waals surface area contributed by atoms with E-state index in [4.69, 9.17) is 0 Å². The first-order valence-corrected chi connectivity index (χ1v) is 6.39. The highest BCUT2D eigenvalue weighted by Crippen LogP contribution is 2.30. The minimum absolute atomic E-state index is 0.160. The summed E-state index contributed by atoms with van der Waals surface area (Å²) < 4.78 is 97.4. The van der Waals surface area contributed by atoms with Crippen molar-refractivity contribution in [2.75, 3.05) is 14.1 Å². The molecule has 0 spiro atoms. The van der Waals surface area contributed by atoms with Gasteiger partial charge in [-0.1, -0.05) is 3.77 Å². The Morgan fingerprint density at radius 1 is 1.18 bits per heavy atom. The molecular weight excluding hydrogens is 299 g/mol. The predicted molar refractivity (Wildman–Crippen MR) is 46.3 cm³/mol. The Kier molecular flexibility index (Phi) is 4.84. The van der Waals surface area contributed by atoms with Crippen LogP contribution in [0.3, 0.4) is 0 Å². The Labute approximate surface area is 93.9 Å². The minimum Gasteiger partial charge on any atom is -0.211 e. The van der Waals surface area contributed by atoms with E-state index in [1.54, 1.807) is 0 Å². The van der Waals surface area contributed by atoms with Gasteiger partial charge in [0.2, 0.25) is 0 Å². The number of nitrogens with zero attached hydrogens (tertiary/aromatic N) is 2. The largest absolute Gasteiger partial charge is 0.505 e. The molecule has 0 aromatic carbocycles. The molecule has 0 amide bonds. The van der Waals surface area contributed by atoms with E-state index in [0.29, 0.717) is 0 Å². The third-order valence-corrected chi connectivity index (χ3v) is 4.60. The summed E-state index contributed by atoms with van der Waals surface area (Å²) in [4.78, 5) is 0. The molecule has 0 aromatic heterocycles. The standard InChI is InChI=1S/C4H7F5N2O4S2/c1-11(2)17(13,14)10-16(12,4(7,8)9)15-3(5)6/h3H,1-2H3. The van der Waals surface area contributed by atoms with Crippen LogP contribution in [0.15, 0.2) is 3.77 Å². The molecule has 17 heavy (non-hydrogen) atoms. The van der Waals surface area contributed by atoms with Crippen molar-refractivity contribution in [3.8, 4) is 0 Å². The SMILES string of the molecule is CN(C)S(=O)(=O)N=S(=O)(OC(F)F)C(F)(F)F. The topological polar surface area (TPSA) is 76.0 Å². The van der Waals surface area contributed by atoms with Crippen molar-refractivity contribution in [3.05, 3.63) is 0 Å². The van der Waals surface area contributed by atoms with E-state index in [1.165, 1.54) is 0 Å². The minimum atomic E-state index is -6.06. The maximum atomic E-state index is 12.1. The molecule has 0 bridgehead atoms. The molecule has 1 atom stereocenters. The molecule has 0 fully saturated rings. The molecule has 0 rings (SSSR count). The number of halogens is 5. The van der Waals surface area contributed by atoms with Gasteiger partial charge in [0.15, 0.2) is 0 Å². The maximum absolute atomic E-state index is 12.1. The highest BCUT2D eigenvalue weighted by atomic mass is 32.3. The van der Waals surface area contributed by atoms with E-state index in [2.05, 4.69) is 4.18 Å². The second-order valence-electron chi connectivity index (χ2n) is 2.61. The molecular formula is C4H7F5N2O4S2. The Morgan fingerprint density at radius 3 is 1.82 bits per heavy atom. The smallest absolute Gasteiger partial charge is 0.211 e. The molecule has 0 radical (unpaired) electrons. The lowest BCUT2D eigenvalue weighted by atomic mass is 11.3. The molecule has 0 saturated heterocycles. The monoisotopic (exact) mass is 306 g/mol. The van der Waals surface area contributed by atoms with Gasteiger partial charge in [0.1, 0.15) is 0 Å². The highest BCUT2D eigenvalue weighted by Gasteiger charge is 2.48. The molecule has 104 valence electrons. The summed E-state index contributed by atoms with van der Waals surface area (Å²) in [5.41, 5.74) is -5.87. The van der Waals surface area contributed by atoms with E-state index in [0.717, 1.165) is 14.1 Å². The first-order chi connectivity index (χ1) is 7.32. The number of alkyl halides is 5. The number of hydrogen-bond acceptors (Lipinski definition) is 4. The van der Waals surface area contributed by atoms with Gasteiger partial charge in [-0.25, -0.2) is 8.39 Å². The molecule has 0 N–H and O–H groups in total. The maximum Gasteiger partial charge on any atom is 0.505 e. The van der Waals surface area contributed by atoms with Gasteiger partial charge in [0.05, 0.1) is 0 Å². The highest BCUT2D eigenvalue weighted by molar-refractivity contribution is 8.00. The van der Waals surface area contributed by atoms with Crippen molar-refractivity contribution in [2.24, 2.45) is 3.77 Å². The van der Waals surface area contributed by atoms with Crippen LogP contribution in [-0.4, -0.2) is 43.1 Å². The van der Waals surface area contributed by atoms with Crippen LogP contribution < -0.4 is 0 Å². The van der Waals surface area contributed by atoms with Crippen LogP contribution in [0.1, 0.15) is 0 Å². The molecule has 1 unspecified atom stereocenters. The normalized spacial score (nSPS) is 17.2. The van der Waals surface area contributed by atoms with Gasteiger partial charge in [-0.3, -0.25) is 0 Å². The van der Waals surface area contributed by atoms with Gasteiger partial charge >= 0.3 is 22.3 Å². The van der Waals surface area contributed by atoms with Crippen molar-refractivity contribution in [2.45, 2.75) is 12.1 Å². The van der Waals surface area contributed by atoms with Gasteiger partial charge in [-0.05, 0) is 0 Å². The molecule has 0 aliphatic rings. The first-order valence-electron chi connectivity index (χ1n) is 3.55. The number of hydrogen-bond donors (Lipinski definition) is 0. The van der Waals surface area contributed by atoms with Crippen LogP contribution in [0.25, 0.3) is 0 Å². The molecule has 0 saturated carbocycles. The van der Waals surface area contributed by atoms with Crippen LogP contribution in [0, 0.1) is 0 Å². The third-order valence-electron chi connectivity index (χ3n) is 1.15. The number of rotatable bonds is 4. The van der Waals surface area contributed by atoms with Crippen LogP contribution >= 0.6 is 0 Å².